The summed E-state index contributed by atoms with van der Waals surface area (Å²) in [4.78, 5) is 4.84. The van der Waals surface area contributed by atoms with E-state index in [2.05, 4.69) is 38.7 Å². The molecule has 4 aromatic rings. The van der Waals surface area contributed by atoms with Crippen LogP contribution in [0, 0.1) is 0 Å². The minimum Gasteiger partial charge on any atom is -0.494 e. The van der Waals surface area contributed by atoms with E-state index in [1.165, 1.54) is 0 Å². The zero-order valence-electron chi connectivity index (χ0n) is 16.0. The second-order valence-corrected chi connectivity index (χ2v) is 8.27. The van der Waals surface area contributed by atoms with Crippen LogP contribution in [-0.2, 0) is 0 Å². The van der Waals surface area contributed by atoms with Crippen LogP contribution in [0.5, 0.6) is 11.5 Å². The van der Waals surface area contributed by atoms with E-state index in [9.17, 15) is 0 Å². The monoisotopic (exact) mass is 468 g/mol. The number of aromatic nitrogens is 2. The largest absolute Gasteiger partial charge is 0.494 e. The standard InChI is InChI=1S/C23H21BrN2O2S/c1-2-27-19-13-9-18(10-14-19)26-22-6-4-3-5-21(22)25-23(26)29-16-15-28-20-11-7-17(24)8-12-20/h3-14H,2,15-16H2,1H3. The lowest BCUT2D eigenvalue weighted by Crippen LogP contribution is -2.02. The molecule has 29 heavy (non-hydrogen) atoms. The molecule has 4 rings (SSSR count). The van der Waals surface area contributed by atoms with Crippen molar-refractivity contribution in [3.05, 3.63) is 77.3 Å². The first-order chi connectivity index (χ1) is 14.2. The molecule has 0 atom stereocenters. The number of rotatable bonds is 8. The molecule has 0 fully saturated rings. The van der Waals surface area contributed by atoms with E-state index in [1.54, 1.807) is 11.8 Å². The van der Waals surface area contributed by atoms with Gasteiger partial charge in [-0.25, -0.2) is 4.98 Å². The van der Waals surface area contributed by atoms with Crippen molar-refractivity contribution in [1.29, 1.82) is 0 Å². The van der Waals surface area contributed by atoms with Gasteiger partial charge in [-0.15, -0.1) is 0 Å². The lowest BCUT2D eigenvalue weighted by atomic mass is 10.2. The van der Waals surface area contributed by atoms with Crippen molar-refractivity contribution < 1.29 is 9.47 Å². The van der Waals surface area contributed by atoms with Crippen LogP contribution in [0.1, 0.15) is 6.92 Å². The van der Waals surface area contributed by atoms with Crippen LogP contribution >= 0.6 is 27.7 Å². The highest BCUT2D eigenvalue weighted by atomic mass is 79.9. The average molecular weight is 469 g/mol. The molecule has 0 radical (unpaired) electrons. The maximum atomic E-state index is 5.85. The number of para-hydroxylation sites is 2. The van der Waals surface area contributed by atoms with Gasteiger partial charge in [0.15, 0.2) is 5.16 Å². The van der Waals surface area contributed by atoms with Crippen LogP contribution in [0.15, 0.2) is 82.4 Å². The summed E-state index contributed by atoms with van der Waals surface area (Å²) >= 11 is 5.13. The van der Waals surface area contributed by atoms with E-state index >= 15 is 0 Å². The molecule has 0 bridgehead atoms. The Balaban J connectivity index is 1.52. The Morgan fingerprint density at radius 2 is 1.59 bits per heavy atom. The van der Waals surface area contributed by atoms with Gasteiger partial charge in [-0.3, -0.25) is 4.57 Å². The maximum Gasteiger partial charge on any atom is 0.173 e. The molecule has 0 aliphatic heterocycles. The van der Waals surface area contributed by atoms with Crippen molar-refractivity contribution in [2.24, 2.45) is 0 Å². The van der Waals surface area contributed by atoms with E-state index < -0.39 is 0 Å². The van der Waals surface area contributed by atoms with Crippen LogP contribution in [0.25, 0.3) is 16.7 Å². The third-order valence-electron chi connectivity index (χ3n) is 4.33. The quantitative estimate of drug-likeness (QED) is 0.222. The fraction of sp³-hybridized carbons (Fsp3) is 0.174. The number of halogens is 1. The summed E-state index contributed by atoms with van der Waals surface area (Å²) in [6.45, 7) is 3.26. The molecule has 6 heteroatoms. The molecule has 0 unspecified atom stereocenters. The third-order valence-corrected chi connectivity index (χ3v) is 5.76. The van der Waals surface area contributed by atoms with Crippen LogP contribution in [-0.4, -0.2) is 28.5 Å². The molecule has 0 aliphatic rings. The molecule has 0 aliphatic carbocycles. The molecule has 0 N–H and O–H groups in total. The van der Waals surface area contributed by atoms with Crippen LogP contribution in [0.4, 0.5) is 0 Å². The lowest BCUT2D eigenvalue weighted by molar-refractivity contribution is 0.340. The Hall–Kier alpha value is -2.44. The van der Waals surface area contributed by atoms with Gasteiger partial charge in [0.05, 0.1) is 24.2 Å². The topological polar surface area (TPSA) is 36.3 Å². The number of benzene rings is 3. The Morgan fingerprint density at radius 1 is 0.897 bits per heavy atom. The van der Waals surface area contributed by atoms with Gasteiger partial charge in [0.25, 0.3) is 0 Å². The summed E-state index contributed by atoms with van der Waals surface area (Å²) in [5.74, 6) is 2.54. The Kier molecular flexibility index (Phi) is 6.42. The second-order valence-electron chi connectivity index (χ2n) is 6.30. The SMILES string of the molecule is CCOc1ccc(-n2c(SCCOc3ccc(Br)cc3)nc3ccccc32)cc1. The average Bonchev–Trinajstić information content (AvgIpc) is 3.12. The number of hydrogen-bond donors (Lipinski definition) is 0. The zero-order valence-corrected chi connectivity index (χ0v) is 18.4. The van der Waals surface area contributed by atoms with Crippen LogP contribution in [0.3, 0.4) is 0 Å². The predicted molar refractivity (Wildman–Crippen MR) is 123 cm³/mol. The van der Waals surface area contributed by atoms with E-state index in [0.717, 1.165) is 43.6 Å². The van der Waals surface area contributed by atoms with Gasteiger partial charge in [0, 0.05) is 15.9 Å². The molecule has 0 amide bonds. The van der Waals surface area contributed by atoms with Crippen molar-refractivity contribution in [1.82, 2.24) is 9.55 Å². The van der Waals surface area contributed by atoms with Gasteiger partial charge in [-0.05, 0) is 67.6 Å². The van der Waals surface area contributed by atoms with E-state index in [4.69, 9.17) is 14.5 Å². The van der Waals surface area contributed by atoms with Gasteiger partial charge in [-0.2, -0.15) is 0 Å². The molecular formula is C23H21BrN2O2S. The third kappa shape index (κ3) is 4.77. The fourth-order valence-corrected chi connectivity index (χ4v) is 4.14. The van der Waals surface area contributed by atoms with Gasteiger partial charge < -0.3 is 9.47 Å². The molecule has 0 spiro atoms. The summed E-state index contributed by atoms with van der Waals surface area (Å²) in [5, 5.41) is 0.953. The Bertz CT molecular complexity index is 1080. The number of thioether (sulfide) groups is 1. The van der Waals surface area contributed by atoms with Crippen molar-refractivity contribution in [3.8, 4) is 17.2 Å². The summed E-state index contributed by atoms with van der Waals surface area (Å²) in [6.07, 6.45) is 0. The molecule has 0 saturated carbocycles. The highest BCUT2D eigenvalue weighted by molar-refractivity contribution is 9.10. The molecule has 3 aromatic carbocycles. The normalized spacial score (nSPS) is 11.0. The molecule has 148 valence electrons. The maximum absolute atomic E-state index is 5.85. The zero-order chi connectivity index (χ0) is 20.1. The molecule has 0 saturated heterocycles. The van der Waals surface area contributed by atoms with Gasteiger partial charge in [-0.1, -0.05) is 39.8 Å². The number of fused-ring (bicyclic) bond motifs is 1. The fourth-order valence-electron chi connectivity index (χ4n) is 3.03. The molecular weight excluding hydrogens is 448 g/mol. The summed E-state index contributed by atoms with van der Waals surface area (Å²) in [7, 11) is 0. The minimum atomic E-state index is 0.610. The van der Waals surface area contributed by atoms with E-state index in [-0.39, 0.29) is 0 Å². The van der Waals surface area contributed by atoms with E-state index in [1.807, 2.05) is 61.5 Å². The number of imidazole rings is 1. The van der Waals surface area contributed by atoms with E-state index in [0.29, 0.717) is 13.2 Å². The predicted octanol–water partition coefficient (Wildman–Crippen LogP) is 6.36. The Morgan fingerprint density at radius 3 is 2.34 bits per heavy atom. The summed E-state index contributed by atoms with van der Waals surface area (Å²) in [6, 6.07) is 24.2. The number of nitrogens with zero attached hydrogens (tertiary/aromatic N) is 2. The molecule has 1 aromatic heterocycles. The first kappa shape index (κ1) is 19.9. The van der Waals surface area contributed by atoms with Gasteiger partial charge in [0.2, 0.25) is 0 Å². The Labute approximate surface area is 183 Å². The molecule has 4 nitrogen and oxygen atoms in total. The van der Waals surface area contributed by atoms with Crippen LogP contribution < -0.4 is 9.47 Å². The van der Waals surface area contributed by atoms with Crippen LogP contribution in [0.2, 0.25) is 0 Å². The summed E-state index contributed by atoms with van der Waals surface area (Å²) in [5.41, 5.74) is 3.14. The van der Waals surface area contributed by atoms with Crippen molar-refractivity contribution in [3.63, 3.8) is 0 Å². The van der Waals surface area contributed by atoms with Crippen molar-refractivity contribution in [2.75, 3.05) is 19.0 Å². The number of hydrogen-bond acceptors (Lipinski definition) is 4. The highest BCUT2D eigenvalue weighted by Gasteiger charge is 2.13. The highest BCUT2D eigenvalue weighted by Crippen LogP contribution is 2.29. The smallest absolute Gasteiger partial charge is 0.173 e. The van der Waals surface area contributed by atoms with Gasteiger partial charge in [0.1, 0.15) is 11.5 Å². The van der Waals surface area contributed by atoms with Crippen molar-refractivity contribution >= 4 is 38.7 Å². The summed E-state index contributed by atoms with van der Waals surface area (Å²) < 4.78 is 14.7. The first-order valence-electron chi connectivity index (χ1n) is 9.46. The van der Waals surface area contributed by atoms with Gasteiger partial charge >= 0.3 is 0 Å². The number of ether oxygens (including phenoxy) is 2. The lowest BCUT2D eigenvalue weighted by Gasteiger charge is -2.11. The second kappa shape index (κ2) is 9.37. The van der Waals surface area contributed by atoms with Crippen molar-refractivity contribution in [2.45, 2.75) is 12.1 Å². The first-order valence-corrected chi connectivity index (χ1v) is 11.2. The minimum absolute atomic E-state index is 0.610. The molecule has 1 heterocycles.